The summed E-state index contributed by atoms with van der Waals surface area (Å²) >= 11 is 0. The van der Waals surface area contributed by atoms with E-state index in [9.17, 15) is 0 Å². The molecule has 0 spiro atoms. The molecule has 0 aliphatic carbocycles. The number of nitrogens with zero attached hydrogens (tertiary/aromatic N) is 4. The summed E-state index contributed by atoms with van der Waals surface area (Å²) in [5, 5.41) is 0. The second-order valence-corrected chi connectivity index (χ2v) is 5.77. The smallest absolute Gasteiger partial charge is 0.191 e. The molecule has 23 heavy (non-hydrogen) atoms. The highest BCUT2D eigenvalue weighted by Crippen LogP contribution is 2.17. The van der Waals surface area contributed by atoms with Crippen molar-refractivity contribution in [3.63, 3.8) is 0 Å². The monoisotopic (exact) mass is 431 g/mol. The van der Waals surface area contributed by atoms with Crippen LogP contribution >= 0.6 is 24.0 Å². The Hall–Kier alpha value is -1.05. The second-order valence-electron chi connectivity index (χ2n) is 5.77. The molecule has 1 saturated heterocycles. The van der Waals surface area contributed by atoms with Crippen LogP contribution in [0.1, 0.15) is 45.1 Å². The molecule has 0 saturated carbocycles. The van der Waals surface area contributed by atoms with Gasteiger partial charge in [0.25, 0.3) is 0 Å². The van der Waals surface area contributed by atoms with Crippen molar-refractivity contribution >= 4 is 35.8 Å². The lowest BCUT2D eigenvalue weighted by Crippen LogP contribution is -2.37. The molecule has 0 aromatic carbocycles. The Balaban J connectivity index is 0.00000264. The number of hydrogen-bond donors (Lipinski definition) is 1. The summed E-state index contributed by atoms with van der Waals surface area (Å²) in [4.78, 5) is 13.5. The fraction of sp³-hybridized carbons (Fsp3) is 0.647. The van der Waals surface area contributed by atoms with Crippen LogP contribution in [0.3, 0.4) is 0 Å². The molecule has 2 N–H and O–H groups in total. The predicted molar refractivity (Wildman–Crippen MR) is 109 cm³/mol. The van der Waals surface area contributed by atoms with Gasteiger partial charge in [-0.1, -0.05) is 18.9 Å². The Labute approximate surface area is 157 Å². The zero-order valence-electron chi connectivity index (χ0n) is 14.4. The van der Waals surface area contributed by atoms with E-state index in [1.165, 1.54) is 25.7 Å². The van der Waals surface area contributed by atoms with E-state index >= 15 is 0 Å². The van der Waals surface area contributed by atoms with Crippen LogP contribution in [0.2, 0.25) is 0 Å². The molecule has 1 aliphatic heterocycles. The Morgan fingerprint density at radius 3 is 2.35 bits per heavy atom. The molecule has 1 aromatic heterocycles. The second kappa shape index (κ2) is 10.7. The van der Waals surface area contributed by atoms with Crippen LogP contribution in [0.4, 0.5) is 5.82 Å². The first kappa shape index (κ1) is 20.0. The van der Waals surface area contributed by atoms with E-state index in [1.807, 2.05) is 6.20 Å². The highest BCUT2D eigenvalue weighted by atomic mass is 127. The molecule has 0 unspecified atom stereocenters. The van der Waals surface area contributed by atoms with Crippen LogP contribution < -0.4 is 10.6 Å². The lowest BCUT2D eigenvalue weighted by atomic mass is 10.2. The fourth-order valence-corrected chi connectivity index (χ4v) is 2.82. The van der Waals surface area contributed by atoms with E-state index in [4.69, 9.17) is 5.73 Å². The van der Waals surface area contributed by atoms with Gasteiger partial charge in [0.15, 0.2) is 5.96 Å². The van der Waals surface area contributed by atoms with Gasteiger partial charge in [-0.05, 0) is 38.3 Å². The molecule has 2 rings (SSSR count). The van der Waals surface area contributed by atoms with Crippen LogP contribution in [0.5, 0.6) is 0 Å². The number of guanidine groups is 1. The first-order valence-corrected chi connectivity index (χ1v) is 8.49. The van der Waals surface area contributed by atoms with Gasteiger partial charge in [0, 0.05) is 32.4 Å². The highest BCUT2D eigenvalue weighted by molar-refractivity contribution is 14.0. The summed E-state index contributed by atoms with van der Waals surface area (Å²) in [6, 6.07) is 4.23. The number of aliphatic imine (C=N–C) groups is 1. The van der Waals surface area contributed by atoms with Crippen LogP contribution in [0.25, 0.3) is 0 Å². The van der Waals surface area contributed by atoms with Crippen LogP contribution in [0, 0.1) is 0 Å². The summed E-state index contributed by atoms with van der Waals surface area (Å²) in [5.74, 6) is 1.70. The Morgan fingerprint density at radius 2 is 1.83 bits per heavy atom. The van der Waals surface area contributed by atoms with Gasteiger partial charge >= 0.3 is 0 Å². The van der Waals surface area contributed by atoms with Gasteiger partial charge in [-0.2, -0.15) is 0 Å². The van der Waals surface area contributed by atoms with E-state index in [-0.39, 0.29) is 24.0 Å². The molecular weight excluding hydrogens is 401 g/mol. The Morgan fingerprint density at radius 1 is 1.17 bits per heavy atom. The predicted octanol–water partition coefficient (Wildman–Crippen LogP) is 3.24. The summed E-state index contributed by atoms with van der Waals surface area (Å²) in [6.07, 6.45) is 7.16. The number of rotatable bonds is 5. The summed E-state index contributed by atoms with van der Waals surface area (Å²) < 4.78 is 0. The van der Waals surface area contributed by atoms with Gasteiger partial charge in [0.1, 0.15) is 5.82 Å². The summed E-state index contributed by atoms with van der Waals surface area (Å²) in [7, 11) is 0. The summed E-state index contributed by atoms with van der Waals surface area (Å²) in [5.41, 5.74) is 7.10. The molecule has 6 heteroatoms. The quantitative estimate of drug-likeness (QED) is 0.442. The van der Waals surface area contributed by atoms with Crippen molar-refractivity contribution in [2.75, 3.05) is 31.1 Å². The van der Waals surface area contributed by atoms with Crippen molar-refractivity contribution in [2.24, 2.45) is 10.7 Å². The van der Waals surface area contributed by atoms with Crippen molar-refractivity contribution in [3.8, 4) is 0 Å². The highest BCUT2D eigenvalue weighted by Gasteiger charge is 2.10. The van der Waals surface area contributed by atoms with E-state index < -0.39 is 0 Å². The molecule has 1 aliphatic rings. The van der Waals surface area contributed by atoms with Crippen LogP contribution in [0.15, 0.2) is 23.3 Å². The molecule has 0 radical (unpaired) electrons. The number of aromatic nitrogens is 1. The molecule has 130 valence electrons. The number of halogens is 1. The van der Waals surface area contributed by atoms with Crippen molar-refractivity contribution in [1.82, 2.24) is 9.88 Å². The van der Waals surface area contributed by atoms with Crippen molar-refractivity contribution < 1.29 is 0 Å². The first-order chi connectivity index (χ1) is 10.7. The zero-order valence-corrected chi connectivity index (χ0v) is 16.7. The number of pyridine rings is 1. The minimum Gasteiger partial charge on any atom is -0.370 e. The van der Waals surface area contributed by atoms with E-state index in [0.29, 0.717) is 12.5 Å². The fourth-order valence-electron chi connectivity index (χ4n) is 2.82. The maximum absolute atomic E-state index is 6.00. The average molecular weight is 431 g/mol. The molecule has 2 heterocycles. The van der Waals surface area contributed by atoms with E-state index in [0.717, 1.165) is 37.6 Å². The molecule has 0 amide bonds. The number of anilines is 1. The van der Waals surface area contributed by atoms with Crippen molar-refractivity contribution in [1.29, 1.82) is 0 Å². The van der Waals surface area contributed by atoms with Crippen molar-refractivity contribution in [3.05, 3.63) is 23.9 Å². The van der Waals surface area contributed by atoms with Crippen LogP contribution in [-0.4, -0.2) is 42.0 Å². The third-order valence-corrected chi connectivity index (χ3v) is 4.25. The number of hydrogen-bond acceptors (Lipinski definition) is 3. The van der Waals surface area contributed by atoms with Gasteiger partial charge in [-0.25, -0.2) is 9.98 Å². The lowest BCUT2D eigenvalue weighted by molar-refractivity contribution is 0.458. The topological polar surface area (TPSA) is 57.8 Å². The molecule has 0 bridgehead atoms. The third kappa shape index (κ3) is 6.16. The van der Waals surface area contributed by atoms with Gasteiger partial charge in [-0.3, -0.25) is 0 Å². The SMILES string of the molecule is CCN(CC)C(N)=NCc1ccc(N2CCCCCC2)nc1.I. The number of nitrogens with two attached hydrogens (primary N) is 1. The zero-order chi connectivity index (χ0) is 15.8. The third-order valence-electron chi connectivity index (χ3n) is 4.25. The normalized spacial score (nSPS) is 15.7. The van der Waals surface area contributed by atoms with Crippen LogP contribution in [-0.2, 0) is 6.54 Å². The molecule has 0 atom stereocenters. The summed E-state index contributed by atoms with van der Waals surface area (Å²) in [6.45, 7) is 8.79. The van der Waals surface area contributed by atoms with E-state index in [1.54, 1.807) is 0 Å². The van der Waals surface area contributed by atoms with Gasteiger partial charge in [-0.15, -0.1) is 24.0 Å². The van der Waals surface area contributed by atoms with Gasteiger partial charge < -0.3 is 15.5 Å². The van der Waals surface area contributed by atoms with Crippen molar-refractivity contribution in [2.45, 2.75) is 46.1 Å². The van der Waals surface area contributed by atoms with E-state index in [2.05, 4.69) is 45.8 Å². The minimum atomic E-state index is 0. The maximum Gasteiger partial charge on any atom is 0.191 e. The minimum absolute atomic E-state index is 0. The molecule has 1 aromatic rings. The molecule has 5 nitrogen and oxygen atoms in total. The van der Waals surface area contributed by atoms with Gasteiger partial charge in [0.05, 0.1) is 6.54 Å². The molecular formula is C17H30IN5. The largest absolute Gasteiger partial charge is 0.370 e. The Bertz CT molecular complexity index is 462. The standard InChI is InChI=1S/C17H29N5.HI/c1-3-21(4-2)17(18)20-14-15-9-10-16(19-13-15)22-11-7-5-6-8-12-22;/h9-10,13H,3-8,11-12,14H2,1-2H3,(H2,18,20);1H. The maximum atomic E-state index is 6.00. The molecule has 1 fully saturated rings. The van der Waals surface area contributed by atoms with Gasteiger partial charge in [0.2, 0.25) is 0 Å². The average Bonchev–Trinajstić information content (AvgIpc) is 2.84. The Kier molecular flexibility index (Phi) is 9.28. The lowest BCUT2D eigenvalue weighted by Gasteiger charge is -2.21. The first-order valence-electron chi connectivity index (χ1n) is 8.49.